The Morgan fingerprint density at radius 3 is 2.34 bits per heavy atom. The quantitative estimate of drug-likeness (QED) is 0.266. The summed E-state index contributed by atoms with van der Waals surface area (Å²) in [4.78, 5) is 14.2. The van der Waals surface area contributed by atoms with E-state index in [-0.39, 0.29) is 11.5 Å². The molecule has 0 fully saturated rings. The van der Waals surface area contributed by atoms with Crippen LogP contribution < -0.4 is 10.2 Å². The van der Waals surface area contributed by atoms with Crippen molar-refractivity contribution in [1.29, 1.82) is 10.5 Å². The third-order valence-corrected chi connectivity index (χ3v) is 5.27. The van der Waals surface area contributed by atoms with Crippen LogP contribution in [-0.2, 0) is 9.53 Å². The molecule has 0 bridgehead atoms. The van der Waals surface area contributed by atoms with Crippen molar-refractivity contribution >= 4 is 23.4 Å². The van der Waals surface area contributed by atoms with Crippen molar-refractivity contribution in [1.82, 2.24) is 0 Å². The lowest BCUT2D eigenvalue weighted by Crippen LogP contribution is -2.38. The van der Waals surface area contributed by atoms with Crippen molar-refractivity contribution in [2.45, 2.75) is 78.7 Å². The van der Waals surface area contributed by atoms with Gasteiger partial charge in [0.15, 0.2) is 0 Å². The predicted molar refractivity (Wildman–Crippen MR) is 131 cm³/mol. The van der Waals surface area contributed by atoms with Crippen LogP contribution in [0.5, 0.6) is 0 Å². The average molecular weight is 439 g/mol. The van der Waals surface area contributed by atoms with Gasteiger partial charge in [0, 0.05) is 37.4 Å². The van der Waals surface area contributed by atoms with Crippen LogP contribution in [0.2, 0.25) is 0 Å². The Balaban J connectivity index is 3.24. The Morgan fingerprint density at radius 1 is 1.09 bits per heavy atom. The van der Waals surface area contributed by atoms with Crippen LogP contribution in [0.4, 0.5) is 11.4 Å². The highest BCUT2D eigenvalue weighted by Gasteiger charge is 2.19. The number of nitrogens with one attached hydrogen (secondary N) is 1. The highest BCUT2D eigenvalue weighted by molar-refractivity contribution is 5.92. The lowest BCUT2D eigenvalue weighted by molar-refractivity contribution is -0.114. The number of anilines is 2. The first-order chi connectivity index (χ1) is 15.5. The van der Waals surface area contributed by atoms with Crippen molar-refractivity contribution in [3.8, 4) is 12.1 Å². The molecule has 6 nitrogen and oxygen atoms in total. The lowest BCUT2D eigenvalue weighted by atomic mass is 10.0. The number of allylic oxidation sites excluding steroid dienone is 1. The number of hydrogen-bond acceptors (Lipinski definition) is 5. The molecule has 0 unspecified atom stereocenters. The minimum atomic E-state index is -0.197. The molecule has 1 aromatic carbocycles. The molecule has 0 aliphatic carbocycles. The van der Waals surface area contributed by atoms with E-state index in [2.05, 4.69) is 31.0 Å². The van der Waals surface area contributed by atoms with E-state index in [4.69, 9.17) is 15.3 Å². The maximum Gasteiger partial charge on any atom is 0.221 e. The molecule has 0 aliphatic rings. The van der Waals surface area contributed by atoms with Crippen LogP contribution in [0.3, 0.4) is 0 Å². The molecule has 0 spiro atoms. The van der Waals surface area contributed by atoms with Crippen LogP contribution in [0.25, 0.3) is 6.08 Å². The zero-order valence-corrected chi connectivity index (χ0v) is 20.1. The highest BCUT2D eigenvalue weighted by atomic mass is 16.5. The number of unbranched alkanes of at least 4 members (excludes halogenated alkanes) is 2. The van der Waals surface area contributed by atoms with E-state index in [1.165, 1.54) is 25.8 Å². The van der Waals surface area contributed by atoms with E-state index in [1.54, 1.807) is 0 Å². The van der Waals surface area contributed by atoms with Gasteiger partial charge in [0.1, 0.15) is 17.7 Å². The van der Waals surface area contributed by atoms with E-state index in [1.807, 2.05) is 30.3 Å². The van der Waals surface area contributed by atoms with Crippen molar-refractivity contribution in [2.75, 3.05) is 30.0 Å². The van der Waals surface area contributed by atoms with Gasteiger partial charge in [0.05, 0.1) is 12.3 Å². The molecule has 0 radical (unpaired) electrons. The molecule has 174 valence electrons. The Morgan fingerprint density at radius 2 is 1.78 bits per heavy atom. The first-order valence-corrected chi connectivity index (χ1v) is 11.8. The van der Waals surface area contributed by atoms with Gasteiger partial charge in [0.25, 0.3) is 0 Å². The monoisotopic (exact) mass is 438 g/mol. The Hall–Kier alpha value is -2.83. The Kier molecular flexibility index (Phi) is 13.5. The van der Waals surface area contributed by atoms with Gasteiger partial charge in [-0.2, -0.15) is 10.5 Å². The van der Waals surface area contributed by atoms with E-state index in [9.17, 15) is 4.79 Å². The van der Waals surface area contributed by atoms with Gasteiger partial charge in [-0.1, -0.05) is 52.5 Å². The van der Waals surface area contributed by atoms with Crippen LogP contribution in [0.15, 0.2) is 23.8 Å². The van der Waals surface area contributed by atoms with Gasteiger partial charge in [-0.25, -0.2) is 0 Å². The van der Waals surface area contributed by atoms with E-state index < -0.39 is 0 Å². The van der Waals surface area contributed by atoms with Crippen molar-refractivity contribution in [3.05, 3.63) is 29.3 Å². The molecule has 1 amide bonds. The van der Waals surface area contributed by atoms with Crippen LogP contribution >= 0.6 is 0 Å². The van der Waals surface area contributed by atoms with Gasteiger partial charge in [-0.05, 0) is 37.5 Å². The van der Waals surface area contributed by atoms with E-state index in [0.717, 1.165) is 50.9 Å². The summed E-state index contributed by atoms with van der Waals surface area (Å²) in [6.45, 7) is 10.2. The summed E-state index contributed by atoms with van der Waals surface area (Å²) in [6.07, 6.45) is 9.28. The topological polar surface area (TPSA) is 89.2 Å². The Bertz CT molecular complexity index is 798. The maximum atomic E-state index is 11.8. The zero-order valence-electron chi connectivity index (χ0n) is 20.1. The lowest BCUT2D eigenvalue weighted by Gasteiger charge is -2.34. The third kappa shape index (κ3) is 9.54. The molecule has 0 aliphatic heterocycles. The molecular weight excluding hydrogens is 400 g/mol. The summed E-state index contributed by atoms with van der Waals surface area (Å²) in [5, 5.41) is 21.1. The number of nitriles is 2. The van der Waals surface area contributed by atoms with Crippen molar-refractivity contribution in [3.63, 3.8) is 0 Å². The molecule has 0 atom stereocenters. The van der Waals surface area contributed by atoms with Crippen LogP contribution in [-0.4, -0.2) is 31.7 Å². The third-order valence-electron chi connectivity index (χ3n) is 5.27. The molecule has 6 heteroatoms. The number of hydrogen-bond donors (Lipinski definition) is 1. The molecular formula is C26H38N4O2. The normalized spacial score (nSPS) is 10.3. The number of carbonyl (C=O) groups is 1. The minimum absolute atomic E-state index is 0.00321. The van der Waals surface area contributed by atoms with E-state index in [0.29, 0.717) is 23.9 Å². The fraction of sp³-hybridized carbons (Fsp3) is 0.577. The predicted octanol–water partition coefficient (Wildman–Crippen LogP) is 6.06. The smallest absolute Gasteiger partial charge is 0.221 e. The van der Waals surface area contributed by atoms with Crippen LogP contribution in [0.1, 0.15) is 78.2 Å². The van der Waals surface area contributed by atoms with Crippen molar-refractivity contribution in [2.24, 2.45) is 0 Å². The van der Waals surface area contributed by atoms with Gasteiger partial charge in [-0.15, -0.1) is 0 Å². The number of carbonyl (C=O) groups excluding carboxylic acids is 1. The molecule has 0 saturated heterocycles. The molecule has 32 heavy (non-hydrogen) atoms. The van der Waals surface area contributed by atoms with E-state index >= 15 is 0 Å². The number of benzene rings is 1. The molecule has 0 aromatic heterocycles. The summed E-state index contributed by atoms with van der Waals surface area (Å²) in [5.41, 5.74) is 2.24. The number of nitrogens with zero attached hydrogens (tertiary/aromatic N) is 3. The fourth-order valence-electron chi connectivity index (χ4n) is 3.76. The molecule has 1 N–H and O–H groups in total. The second kappa shape index (κ2) is 15.9. The summed E-state index contributed by atoms with van der Waals surface area (Å²) < 4.78 is 5.90. The average Bonchev–Trinajstić information content (AvgIpc) is 2.77. The number of ether oxygens (including phenoxy) is 1. The molecule has 1 aromatic rings. The highest BCUT2D eigenvalue weighted by Crippen LogP contribution is 2.29. The first kappa shape index (κ1) is 27.2. The summed E-state index contributed by atoms with van der Waals surface area (Å²) in [7, 11) is 0. The van der Waals surface area contributed by atoms with Gasteiger partial charge < -0.3 is 15.0 Å². The molecule has 1 rings (SSSR count). The minimum Gasteiger partial charge on any atom is -0.380 e. The SMILES string of the molecule is CCCCCOCCN(c1ccc(C=C(C#N)C#N)c(NC(C)=O)c1)C(CCC)CCC. The summed E-state index contributed by atoms with van der Waals surface area (Å²) >= 11 is 0. The van der Waals surface area contributed by atoms with Crippen LogP contribution in [0, 0.1) is 22.7 Å². The largest absolute Gasteiger partial charge is 0.380 e. The zero-order chi connectivity index (χ0) is 23.8. The standard InChI is InChI=1S/C26H38N4O2/c1-5-8-9-15-32-16-14-30(24(10-6-2)11-7-3)25-13-12-23(17-22(19-27)20-28)26(18-25)29-21(4)31/h12-13,17-18,24H,5-11,14-16H2,1-4H3,(H,29,31). The second-order valence-electron chi connectivity index (χ2n) is 7.98. The maximum absolute atomic E-state index is 11.8. The first-order valence-electron chi connectivity index (χ1n) is 11.8. The summed E-state index contributed by atoms with van der Waals surface area (Å²) in [6, 6.07) is 9.94. The fourth-order valence-corrected chi connectivity index (χ4v) is 3.76. The summed E-state index contributed by atoms with van der Waals surface area (Å²) in [5.74, 6) is -0.197. The van der Waals surface area contributed by atoms with Gasteiger partial charge in [0.2, 0.25) is 5.91 Å². The van der Waals surface area contributed by atoms with Gasteiger partial charge in [-0.3, -0.25) is 4.79 Å². The molecule has 0 saturated carbocycles. The second-order valence-corrected chi connectivity index (χ2v) is 7.98. The van der Waals surface area contributed by atoms with Gasteiger partial charge >= 0.3 is 0 Å². The number of rotatable bonds is 15. The molecule has 0 heterocycles. The Labute approximate surface area is 193 Å². The number of amides is 1. The van der Waals surface area contributed by atoms with Crippen molar-refractivity contribution < 1.29 is 9.53 Å².